The SMILES string of the molecule is CCc1cc(NC2=CCC=CC3C(c4ccc(OC)c(F)c4F)=CN=C23)ccc1C(=O)CC(=N)CCCC(=O)C1CCCCN[C@H](C(=O)O)C1. The summed E-state index contributed by atoms with van der Waals surface area (Å²) in [6.45, 7) is 2.59. The van der Waals surface area contributed by atoms with Gasteiger partial charge in [-0.25, -0.2) is 4.39 Å². The molecule has 3 atom stereocenters. The van der Waals surface area contributed by atoms with E-state index in [2.05, 4.69) is 15.6 Å². The Balaban J connectivity index is 1.17. The second-order valence-electron chi connectivity index (χ2n) is 12.9. The van der Waals surface area contributed by atoms with Gasteiger partial charge in [-0.2, -0.15) is 4.39 Å². The lowest BCUT2D eigenvalue weighted by molar-refractivity contribution is -0.140. The van der Waals surface area contributed by atoms with Crippen LogP contribution in [0.4, 0.5) is 14.5 Å². The van der Waals surface area contributed by atoms with Crippen molar-refractivity contribution in [2.75, 3.05) is 19.0 Å². The van der Waals surface area contributed by atoms with Crippen molar-refractivity contribution >= 4 is 40.2 Å². The largest absolute Gasteiger partial charge is 0.494 e. The Morgan fingerprint density at radius 3 is 2.70 bits per heavy atom. The van der Waals surface area contributed by atoms with Gasteiger partial charge < -0.3 is 25.9 Å². The molecule has 4 N–H and O–H groups in total. The molecule has 1 saturated heterocycles. The lowest BCUT2D eigenvalue weighted by Gasteiger charge is -2.24. The van der Waals surface area contributed by atoms with Crippen LogP contribution in [-0.4, -0.2) is 53.8 Å². The van der Waals surface area contributed by atoms with Gasteiger partial charge in [0.05, 0.1) is 18.5 Å². The zero-order valence-corrected chi connectivity index (χ0v) is 28.5. The Morgan fingerprint density at radius 2 is 1.94 bits per heavy atom. The minimum atomic E-state index is -1.05. The van der Waals surface area contributed by atoms with E-state index in [1.165, 1.54) is 19.2 Å². The van der Waals surface area contributed by atoms with Crippen molar-refractivity contribution in [3.63, 3.8) is 0 Å². The van der Waals surface area contributed by atoms with Gasteiger partial charge >= 0.3 is 5.97 Å². The Bertz CT molecular complexity index is 1780. The summed E-state index contributed by atoms with van der Waals surface area (Å²) >= 11 is 0. The van der Waals surface area contributed by atoms with Crippen LogP contribution in [0.1, 0.15) is 86.2 Å². The molecule has 3 aliphatic rings. The Morgan fingerprint density at radius 1 is 1.12 bits per heavy atom. The van der Waals surface area contributed by atoms with Crippen LogP contribution in [0.3, 0.4) is 0 Å². The molecule has 2 aromatic carbocycles. The van der Waals surface area contributed by atoms with Crippen molar-refractivity contribution < 1.29 is 33.0 Å². The number of allylic oxidation sites excluding steroid dienone is 5. The molecule has 1 fully saturated rings. The molecule has 264 valence electrons. The van der Waals surface area contributed by atoms with E-state index in [0.717, 1.165) is 29.8 Å². The van der Waals surface area contributed by atoms with Crippen molar-refractivity contribution in [1.82, 2.24) is 5.32 Å². The molecule has 0 amide bonds. The minimum absolute atomic E-state index is 0.0266. The summed E-state index contributed by atoms with van der Waals surface area (Å²) in [5.74, 6) is -3.98. The molecule has 2 unspecified atom stereocenters. The number of aliphatic imine (C=N–C) groups is 1. The van der Waals surface area contributed by atoms with Gasteiger partial charge in [0.15, 0.2) is 17.3 Å². The molecule has 1 aliphatic carbocycles. The number of Topliss-reactive ketones (excluding diaryl/α,β-unsaturated/α-hetero) is 2. The fourth-order valence-corrected chi connectivity index (χ4v) is 6.86. The number of methoxy groups -OCH3 is 1. The maximum Gasteiger partial charge on any atom is 0.320 e. The van der Waals surface area contributed by atoms with Crippen molar-refractivity contribution in [3.05, 3.63) is 88.8 Å². The van der Waals surface area contributed by atoms with Crippen LogP contribution >= 0.6 is 0 Å². The number of benzene rings is 2. The van der Waals surface area contributed by atoms with E-state index in [9.17, 15) is 23.9 Å². The van der Waals surface area contributed by atoms with Crippen LogP contribution < -0.4 is 15.4 Å². The third kappa shape index (κ3) is 8.50. The van der Waals surface area contributed by atoms with Gasteiger partial charge in [0.25, 0.3) is 0 Å². The number of nitrogens with zero attached hydrogens (tertiary/aromatic N) is 1. The van der Waals surface area contributed by atoms with Crippen molar-refractivity contribution in [3.8, 4) is 5.75 Å². The molecule has 5 rings (SSSR count). The number of carbonyl (C=O) groups excluding carboxylic acids is 2. The number of nitrogens with one attached hydrogen (secondary N) is 3. The van der Waals surface area contributed by atoms with E-state index in [0.29, 0.717) is 55.5 Å². The number of ether oxygens (including phenoxy) is 1. The van der Waals surface area contributed by atoms with E-state index in [-0.39, 0.29) is 59.7 Å². The van der Waals surface area contributed by atoms with E-state index < -0.39 is 23.6 Å². The van der Waals surface area contributed by atoms with E-state index in [4.69, 9.17) is 10.1 Å². The average molecular weight is 687 g/mol. The smallest absolute Gasteiger partial charge is 0.320 e. The molecule has 11 heteroatoms. The number of aryl methyl sites for hydroxylation is 1. The molecule has 0 saturated carbocycles. The number of fused-ring (bicyclic) bond motifs is 1. The van der Waals surface area contributed by atoms with Gasteiger partial charge in [-0.05, 0) is 93.0 Å². The van der Waals surface area contributed by atoms with Crippen LogP contribution in [0.5, 0.6) is 5.75 Å². The minimum Gasteiger partial charge on any atom is -0.494 e. The highest BCUT2D eigenvalue weighted by molar-refractivity contribution is 6.14. The molecule has 0 radical (unpaired) electrons. The Labute approximate surface area is 291 Å². The van der Waals surface area contributed by atoms with Gasteiger partial charge in [-0.15, -0.1) is 0 Å². The predicted octanol–water partition coefficient (Wildman–Crippen LogP) is 7.47. The molecule has 0 spiro atoms. The van der Waals surface area contributed by atoms with Crippen molar-refractivity contribution in [1.29, 1.82) is 5.41 Å². The Hall–Kier alpha value is -4.77. The molecule has 9 nitrogen and oxygen atoms in total. The number of carbonyl (C=O) groups is 3. The number of carboxylic acids is 1. The van der Waals surface area contributed by atoms with Gasteiger partial charge in [0.2, 0.25) is 5.82 Å². The number of anilines is 1. The van der Waals surface area contributed by atoms with Gasteiger partial charge in [-0.3, -0.25) is 19.4 Å². The van der Waals surface area contributed by atoms with Crippen LogP contribution in [0.25, 0.3) is 5.57 Å². The lowest BCUT2D eigenvalue weighted by atomic mass is 9.86. The van der Waals surface area contributed by atoms with E-state index in [1.54, 1.807) is 18.3 Å². The fourth-order valence-electron chi connectivity index (χ4n) is 6.86. The number of hydrogen-bond donors (Lipinski definition) is 4. The fraction of sp³-hybridized carbons (Fsp3) is 0.410. The molecule has 0 aromatic heterocycles. The number of carboxylic acid groups (broad SMARTS) is 1. The van der Waals surface area contributed by atoms with Crippen molar-refractivity contribution in [2.24, 2.45) is 16.8 Å². The summed E-state index contributed by atoms with van der Waals surface area (Å²) < 4.78 is 34.5. The maximum atomic E-state index is 15.0. The third-order valence-electron chi connectivity index (χ3n) is 9.60. The van der Waals surface area contributed by atoms with E-state index in [1.807, 2.05) is 31.2 Å². The number of aliphatic carboxylic acids is 1. The number of ketones is 2. The van der Waals surface area contributed by atoms with Gasteiger partial charge in [-0.1, -0.05) is 31.6 Å². The van der Waals surface area contributed by atoms with E-state index >= 15 is 4.39 Å². The monoisotopic (exact) mass is 686 g/mol. The van der Waals surface area contributed by atoms with Gasteiger partial charge in [0, 0.05) is 53.4 Å². The third-order valence-corrected chi connectivity index (χ3v) is 9.60. The number of halogens is 2. The normalized spacial score (nSPS) is 20.3. The van der Waals surface area contributed by atoms with Crippen LogP contribution in [0.15, 0.2) is 65.4 Å². The molecular formula is C39H44F2N4O5. The second-order valence-corrected chi connectivity index (χ2v) is 12.9. The highest BCUT2D eigenvalue weighted by atomic mass is 19.2. The summed E-state index contributed by atoms with van der Waals surface area (Å²) in [5, 5.41) is 24.3. The van der Waals surface area contributed by atoms with Crippen LogP contribution in [0.2, 0.25) is 0 Å². The Kier molecular flexibility index (Phi) is 12.2. The standard InChI is InChI=1S/C39H44F2N4O5/c1-3-23-19-26(45-31-12-5-4-11-29-30(22-44-38(29)31)28-16-17-35(50-2)37(41)36(28)40)14-15-27(23)34(47)21-25(42)10-8-13-33(46)24-9-6-7-18-43-32(20-24)39(48)49/h4,11-12,14-17,19,22,24,29,32,42-43,45H,3,5-10,13,18,20-21H2,1-2H3,(H,48,49)/t24?,29?,32-/m0/s1. The molecular weight excluding hydrogens is 642 g/mol. The zero-order chi connectivity index (χ0) is 35.8. The maximum absolute atomic E-state index is 15.0. The molecule has 2 aromatic rings. The zero-order valence-electron chi connectivity index (χ0n) is 28.5. The first kappa shape index (κ1) is 36.5. The highest BCUT2D eigenvalue weighted by Gasteiger charge is 2.31. The highest BCUT2D eigenvalue weighted by Crippen LogP contribution is 2.38. The summed E-state index contributed by atoms with van der Waals surface area (Å²) in [6, 6.07) is 7.63. The predicted molar refractivity (Wildman–Crippen MR) is 190 cm³/mol. The molecule has 2 aliphatic heterocycles. The van der Waals surface area contributed by atoms with Crippen molar-refractivity contribution in [2.45, 2.75) is 77.2 Å². The number of rotatable bonds is 14. The van der Waals surface area contributed by atoms with Crippen LogP contribution in [0, 0.1) is 28.9 Å². The summed E-state index contributed by atoms with van der Waals surface area (Å²) in [6.07, 6.45) is 12.3. The first-order valence-electron chi connectivity index (χ1n) is 17.3. The lowest BCUT2D eigenvalue weighted by Crippen LogP contribution is -2.41. The second kappa shape index (κ2) is 16.8. The first-order chi connectivity index (χ1) is 24.1. The van der Waals surface area contributed by atoms with Crippen LogP contribution in [-0.2, 0) is 16.0 Å². The first-order valence-corrected chi connectivity index (χ1v) is 17.3. The molecule has 2 heterocycles. The number of hydrogen-bond acceptors (Lipinski definition) is 8. The quantitative estimate of drug-likeness (QED) is 0.0918. The average Bonchev–Trinajstić information content (AvgIpc) is 3.39. The summed E-state index contributed by atoms with van der Waals surface area (Å²) in [5.41, 5.74) is 4.41. The summed E-state index contributed by atoms with van der Waals surface area (Å²) in [7, 11) is 1.29. The molecule has 50 heavy (non-hydrogen) atoms. The van der Waals surface area contributed by atoms with Gasteiger partial charge in [0.1, 0.15) is 11.8 Å². The topological polar surface area (TPSA) is 141 Å². The molecule has 0 bridgehead atoms. The summed E-state index contributed by atoms with van der Waals surface area (Å²) in [4.78, 5) is 42.3.